The Kier molecular flexibility index (Phi) is 3.24. The molecule has 22 heavy (non-hydrogen) atoms. The zero-order valence-electron chi connectivity index (χ0n) is 14.0. The lowest BCUT2D eigenvalue weighted by atomic mass is 9.48. The first-order valence-electron chi connectivity index (χ1n) is 9.14. The van der Waals surface area contributed by atoms with Crippen LogP contribution in [0.4, 0.5) is 0 Å². The van der Waals surface area contributed by atoms with E-state index in [1.54, 1.807) is 5.57 Å². The highest BCUT2D eigenvalue weighted by Crippen LogP contribution is 2.64. The second-order valence-electron chi connectivity index (χ2n) is 8.73. The Morgan fingerprint density at radius 1 is 1.14 bits per heavy atom. The van der Waals surface area contributed by atoms with Crippen molar-refractivity contribution in [2.24, 2.45) is 39.5 Å². The van der Waals surface area contributed by atoms with Gasteiger partial charge in [-0.15, -0.1) is 0 Å². The molecule has 0 unspecified atom stereocenters. The Balaban J connectivity index is 1.69. The average molecular weight is 302 g/mol. The Morgan fingerprint density at radius 3 is 2.64 bits per heavy atom. The molecule has 0 spiro atoms. The van der Waals surface area contributed by atoms with Gasteiger partial charge >= 0.3 is 0 Å². The van der Waals surface area contributed by atoms with Gasteiger partial charge in [0.05, 0.1) is 6.10 Å². The number of rotatable bonds is 0. The van der Waals surface area contributed by atoms with Gasteiger partial charge < -0.3 is 10.9 Å². The number of fused-ring (bicyclic) bond motifs is 5. The molecule has 0 aromatic heterocycles. The molecule has 0 aromatic carbocycles. The average Bonchev–Trinajstić information content (AvgIpc) is 2.84. The van der Waals surface area contributed by atoms with Gasteiger partial charge in [0.15, 0.2) is 0 Å². The molecule has 3 heteroatoms. The normalized spacial score (nSPS) is 52.7. The molecule has 4 rings (SSSR count). The molecular weight excluding hydrogens is 272 g/mol. The number of hydrogen-bond acceptors (Lipinski definition) is 3. The van der Waals surface area contributed by atoms with Crippen LogP contribution in [0.25, 0.3) is 0 Å². The van der Waals surface area contributed by atoms with Crippen LogP contribution in [0.3, 0.4) is 0 Å². The number of aliphatic hydroxyl groups excluding tert-OH is 1. The highest BCUT2D eigenvalue weighted by atomic mass is 16.3. The number of nitrogens with two attached hydrogens (primary N) is 1. The van der Waals surface area contributed by atoms with Crippen molar-refractivity contribution in [3.8, 4) is 0 Å². The topological polar surface area (TPSA) is 58.6 Å². The second-order valence-corrected chi connectivity index (χ2v) is 8.73. The summed E-state index contributed by atoms with van der Waals surface area (Å²) in [5.41, 5.74) is 3.43. The third-order valence-corrected chi connectivity index (χ3v) is 7.97. The monoisotopic (exact) mass is 302 g/mol. The fraction of sp³-hybridized carbons (Fsp3) is 0.842. The number of allylic oxidation sites excluding steroid dienone is 1. The van der Waals surface area contributed by atoms with Crippen LogP contribution in [0.5, 0.6) is 0 Å². The zero-order valence-corrected chi connectivity index (χ0v) is 14.0. The number of hydrazone groups is 1. The summed E-state index contributed by atoms with van der Waals surface area (Å²) in [5.74, 6) is 8.04. The summed E-state index contributed by atoms with van der Waals surface area (Å²) in [6.45, 7) is 4.90. The van der Waals surface area contributed by atoms with E-state index in [2.05, 4.69) is 25.0 Å². The van der Waals surface area contributed by atoms with Gasteiger partial charge in [-0.1, -0.05) is 25.5 Å². The lowest BCUT2D eigenvalue weighted by molar-refractivity contribution is -0.0209. The van der Waals surface area contributed by atoms with E-state index in [1.165, 1.54) is 37.8 Å². The van der Waals surface area contributed by atoms with E-state index in [0.29, 0.717) is 5.41 Å². The summed E-state index contributed by atoms with van der Waals surface area (Å²) in [4.78, 5) is 0. The molecule has 0 bridgehead atoms. The van der Waals surface area contributed by atoms with Gasteiger partial charge in [0.1, 0.15) is 0 Å². The van der Waals surface area contributed by atoms with Gasteiger partial charge in [-0.05, 0) is 74.5 Å². The first-order valence-corrected chi connectivity index (χ1v) is 9.14. The summed E-state index contributed by atoms with van der Waals surface area (Å²) >= 11 is 0. The third-order valence-electron chi connectivity index (χ3n) is 7.97. The van der Waals surface area contributed by atoms with Crippen LogP contribution < -0.4 is 5.84 Å². The van der Waals surface area contributed by atoms with Crippen molar-refractivity contribution in [2.45, 2.75) is 71.3 Å². The minimum atomic E-state index is -0.104. The van der Waals surface area contributed by atoms with Crippen molar-refractivity contribution in [2.75, 3.05) is 0 Å². The van der Waals surface area contributed by atoms with E-state index in [-0.39, 0.29) is 11.5 Å². The first-order chi connectivity index (χ1) is 10.5. The van der Waals surface area contributed by atoms with Gasteiger partial charge in [-0.25, -0.2) is 0 Å². The van der Waals surface area contributed by atoms with Crippen LogP contribution in [-0.2, 0) is 0 Å². The maximum absolute atomic E-state index is 10.0. The summed E-state index contributed by atoms with van der Waals surface area (Å²) in [5, 5.41) is 14.2. The van der Waals surface area contributed by atoms with Crippen molar-refractivity contribution in [1.29, 1.82) is 0 Å². The summed E-state index contributed by atoms with van der Waals surface area (Å²) in [6.07, 6.45) is 11.6. The molecule has 6 atom stereocenters. The van der Waals surface area contributed by atoms with Crippen molar-refractivity contribution >= 4 is 5.71 Å². The molecule has 3 N–H and O–H groups in total. The quantitative estimate of drug-likeness (QED) is 0.408. The van der Waals surface area contributed by atoms with Gasteiger partial charge in [-0.2, -0.15) is 5.10 Å². The minimum absolute atomic E-state index is 0.104. The van der Waals surface area contributed by atoms with E-state index < -0.39 is 0 Å². The molecule has 0 amide bonds. The zero-order chi connectivity index (χ0) is 15.5. The smallest absolute Gasteiger partial charge is 0.0577 e. The van der Waals surface area contributed by atoms with E-state index in [4.69, 9.17) is 5.84 Å². The number of hydrogen-bond donors (Lipinski definition) is 2. The Bertz CT molecular complexity index is 540. The Morgan fingerprint density at radius 2 is 1.86 bits per heavy atom. The highest BCUT2D eigenvalue weighted by Gasteiger charge is 2.57. The van der Waals surface area contributed by atoms with E-state index in [9.17, 15) is 5.11 Å². The maximum Gasteiger partial charge on any atom is 0.0577 e. The molecule has 122 valence electrons. The largest absolute Gasteiger partial charge is 0.393 e. The minimum Gasteiger partial charge on any atom is -0.393 e. The Hall–Kier alpha value is -0.830. The lowest BCUT2D eigenvalue weighted by Gasteiger charge is -2.57. The van der Waals surface area contributed by atoms with Gasteiger partial charge in [0, 0.05) is 11.1 Å². The van der Waals surface area contributed by atoms with Crippen molar-refractivity contribution in [3.63, 3.8) is 0 Å². The molecule has 0 saturated heterocycles. The van der Waals surface area contributed by atoms with Gasteiger partial charge in [-0.3, -0.25) is 0 Å². The first kappa shape index (κ1) is 14.7. The molecule has 0 heterocycles. The second kappa shape index (κ2) is 4.83. The van der Waals surface area contributed by atoms with E-state index in [1.807, 2.05) is 0 Å². The van der Waals surface area contributed by atoms with Crippen LogP contribution in [0.2, 0.25) is 0 Å². The lowest BCUT2D eigenvalue weighted by Crippen LogP contribution is -2.50. The molecule has 3 saturated carbocycles. The van der Waals surface area contributed by atoms with Crippen molar-refractivity contribution in [1.82, 2.24) is 0 Å². The summed E-state index contributed by atoms with van der Waals surface area (Å²) in [7, 11) is 0. The molecule has 4 aliphatic rings. The Labute approximate surface area is 134 Å². The van der Waals surface area contributed by atoms with Crippen LogP contribution in [-0.4, -0.2) is 16.9 Å². The third kappa shape index (κ3) is 1.81. The molecule has 0 radical (unpaired) electrons. The summed E-state index contributed by atoms with van der Waals surface area (Å²) < 4.78 is 0. The molecule has 3 fully saturated rings. The fourth-order valence-electron chi connectivity index (χ4n) is 6.64. The molecule has 0 aliphatic heterocycles. The van der Waals surface area contributed by atoms with Crippen LogP contribution >= 0.6 is 0 Å². The number of aliphatic hydroxyl groups is 1. The van der Waals surface area contributed by atoms with Crippen LogP contribution in [0.15, 0.2) is 16.8 Å². The van der Waals surface area contributed by atoms with Crippen LogP contribution in [0.1, 0.15) is 65.2 Å². The highest BCUT2D eigenvalue weighted by molar-refractivity contribution is 5.92. The van der Waals surface area contributed by atoms with Crippen molar-refractivity contribution in [3.05, 3.63) is 11.6 Å². The number of nitrogens with zero attached hydrogens (tertiary/aromatic N) is 1. The molecular formula is C19H30N2O. The molecule has 3 nitrogen and oxygen atoms in total. The van der Waals surface area contributed by atoms with E-state index >= 15 is 0 Å². The predicted molar refractivity (Wildman–Crippen MR) is 89.3 cm³/mol. The molecule has 4 aliphatic carbocycles. The SMILES string of the molecule is C[C@]12CC[C@H](O)CC1=CC[C@H]1[C@H]2CC[C@@]2(C)/C(=N\N)CC[C@H]12. The van der Waals surface area contributed by atoms with Gasteiger partial charge in [0.25, 0.3) is 0 Å². The maximum atomic E-state index is 10.0. The fourth-order valence-corrected chi connectivity index (χ4v) is 6.64. The molecule has 0 aromatic rings. The standard InChI is InChI=1S/C19H30N2O/c1-18-9-7-13(22)11-12(18)3-4-14-15-5-6-17(21-20)19(15,2)10-8-16(14)18/h3,13-16,22H,4-11,20H2,1-2H3/b21-17-/t13-,14+,15+,16+,18-,19+/m0/s1. The van der Waals surface area contributed by atoms with Crippen molar-refractivity contribution < 1.29 is 5.11 Å². The summed E-state index contributed by atoms with van der Waals surface area (Å²) in [6, 6.07) is 0. The predicted octanol–water partition coefficient (Wildman–Crippen LogP) is 3.62. The van der Waals surface area contributed by atoms with Gasteiger partial charge in [0.2, 0.25) is 0 Å². The van der Waals surface area contributed by atoms with E-state index in [0.717, 1.165) is 37.0 Å². The van der Waals surface area contributed by atoms with Crippen LogP contribution in [0, 0.1) is 28.6 Å².